The van der Waals surface area contributed by atoms with Crippen LogP contribution in [0.2, 0.25) is 0 Å². The molecule has 2 aromatic rings. The summed E-state index contributed by atoms with van der Waals surface area (Å²) in [7, 11) is 1.65. The normalized spacial score (nSPS) is 19.2. The topological polar surface area (TPSA) is 59.6 Å². The van der Waals surface area contributed by atoms with E-state index in [2.05, 4.69) is 10.6 Å². The van der Waals surface area contributed by atoms with E-state index in [0.29, 0.717) is 18.8 Å². The number of methoxy groups -OCH3 is 1. The second kappa shape index (κ2) is 6.93. The molecule has 0 aliphatic carbocycles. The smallest absolute Gasteiger partial charge is 0.255 e. The van der Waals surface area contributed by atoms with E-state index in [1.165, 1.54) is 0 Å². The van der Waals surface area contributed by atoms with Crippen LogP contribution < -0.4 is 15.4 Å². The fourth-order valence-electron chi connectivity index (χ4n) is 2.92. The molecule has 0 saturated carbocycles. The van der Waals surface area contributed by atoms with Gasteiger partial charge in [-0.2, -0.15) is 0 Å². The van der Waals surface area contributed by atoms with Crippen LogP contribution in [0.3, 0.4) is 0 Å². The minimum atomic E-state index is -0.615. The van der Waals surface area contributed by atoms with E-state index in [9.17, 15) is 4.79 Å². The summed E-state index contributed by atoms with van der Waals surface area (Å²) in [5.74, 6) is 0.719. The van der Waals surface area contributed by atoms with Crippen LogP contribution in [-0.4, -0.2) is 26.2 Å². The fraction of sp³-hybridized carbons (Fsp3) is 0.316. The molecule has 0 spiro atoms. The van der Waals surface area contributed by atoms with Gasteiger partial charge >= 0.3 is 0 Å². The highest BCUT2D eigenvalue weighted by Gasteiger charge is 2.37. The van der Waals surface area contributed by atoms with Gasteiger partial charge in [-0.25, -0.2) is 0 Å². The van der Waals surface area contributed by atoms with Crippen molar-refractivity contribution < 1.29 is 14.3 Å². The SMILES string of the molecule is CCC1(c2ccc(OCCOC)cc2)NC(=O)c2ccccc2N1. The monoisotopic (exact) mass is 326 g/mol. The number of rotatable bonds is 6. The third kappa shape index (κ3) is 3.08. The van der Waals surface area contributed by atoms with Crippen LogP contribution >= 0.6 is 0 Å². The molecule has 24 heavy (non-hydrogen) atoms. The lowest BCUT2D eigenvalue weighted by molar-refractivity contribution is 0.0896. The molecule has 1 unspecified atom stereocenters. The lowest BCUT2D eigenvalue weighted by Gasteiger charge is -2.40. The highest BCUT2D eigenvalue weighted by atomic mass is 16.5. The Balaban J connectivity index is 1.85. The molecule has 0 radical (unpaired) electrons. The second-order valence-corrected chi connectivity index (χ2v) is 5.75. The number of carbonyl (C=O) groups excluding carboxylic acids is 1. The van der Waals surface area contributed by atoms with Crippen molar-refractivity contribution in [2.24, 2.45) is 0 Å². The molecule has 3 rings (SSSR count). The Morgan fingerprint density at radius 1 is 1.00 bits per heavy atom. The van der Waals surface area contributed by atoms with Gasteiger partial charge in [0.1, 0.15) is 18.0 Å². The Morgan fingerprint density at radius 3 is 2.46 bits per heavy atom. The van der Waals surface area contributed by atoms with Crippen molar-refractivity contribution in [2.45, 2.75) is 19.0 Å². The van der Waals surface area contributed by atoms with Crippen LogP contribution in [0, 0.1) is 0 Å². The number of fused-ring (bicyclic) bond motifs is 1. The molecule has 2 N–H and O–H groups in total. The molecule has 0 saturated heterocycles. The minimum absolute atomic E-state index is 0.0633. The maximum Gasteiger partial charge on any atom is 0.255 e. The van der Waals surface area contributed by atoms with Crippen LogP contribution in [0.5, 0.6) is 5.75 Å². The summed E-state index contributed by atoms with van der Waals surface area (Å²) < 4.78 is 10.6. The second-order valence-electron chi connectivity index (χ2n) is 5.75. The maximum absolute atomic E-state index is 12.5. The molecule has 2 aromatic carbocycles. The number of benzene rings is 2. The van der Waals surface area contributed by atoms with Crippen molar-refractivity contribution in [3.8, 4) is 5.75 Å². The number of amides is 1. The molecule has 0 bridgehead atoms. The van der Waals surface area contributed by atoms with E-state index in [1.807, 2.05) is 55.5 Å². The number of para-hydroxylation sites is 1. The molecule has 1 amide bonds. The standard InChI is InChI=1S/C19H22N2O3/c1-3-19(14-8-10-15(11-9-14)24-13-12-23-2)20-17-7-5-4-6-16(17)18(22)21-19/h4-11,20H,3,12-13H2,1-2H3,(H,21,22). The van der Waals surface area contributed by atoms with Crippen molar-refractivity contribution >= 4 is 11.6 Å². The quantitative estimate of drug-likeness (QED) is 0.801. The van der Waals surface area contributed by atoms with Crippen LogP contribution in [-0.2, 0) is 10.4 Å². The molecular weight excluding hydrogens is 304 g/mol. The Kier molecular flexibility index (Phi) is 4.71. The Morgan fingerprint density at radius 2 is 1.75 bits per heavy atom. The molecule has 126 valence electrons. The zero-order valence-corrected chi connectivity index (χ0v) is 14.0. The summed E-state index contributed by atoms with van der Waals surface area (Å²) in [5, 5.41) is 6.60. The lowest BCUT2D eigenvalue weighted by atomic mass is 9.92. The van der Waals surface area contributed by atoms with E-state index >= 15 is 0 Å². The van der Waals surface area contributed by atoms with Crippen LogP contribution in [0.1, 0.15) is 29.3 Å². The third-order valence-electron chi connectivity index (χ3n) is 4.28. The number of anilines is 1. The van der Waals surface area contributed by atoms with E-state index in [1.54, 1.807) is 7.11 Å². The molecule has 0 aromatic heterocycles. The first-order valence-corrected chi connectivity index (χ1v) is 8.10. The number of hydrogen-bond donors (Lipinski definition) is 2. The van der Waals surface area contributed by atoms with Crippen LogP contribution in [0.25, 0.3) is 0 Å². The van der Waals surface area contributed by atoms with Gasteiger partial charge in [-0.15, -0.1) is 0 Å². The first kappa shape index (κ1) is 16.3. The van der Waals surface area contributed by atoms with Crippen molar-refractivity contribution in [2.75, 3.05) is 25.6 Å². The zero-order valence-electron chi connectivity index (χ0n) is 14.0. The van der Waals surface area contributed by atoms with Gasteiger partial charge in [0.05, 0.1) is 12.2 Å². The predicted octanol–water partition coefficient (Wildman–Crippen LogP) is 3.13. The fourth-order valence-corrected chi connectivity index (χ4v) is 2.92. The van der Waals surface area contributed by atoms with E-state index < -0.39 is 5.66 Å². The number of carbonyl (C=O) groups is 1. The van der Waals surface area contributed by atoms with Gasteiger partial charge in [-0.1, -0.05) is 31.2 Å². The van der Waals surface area contributed by atoms with Crippen molar-refractivity contribution in [1.29, 1.82) is 0 Å². The third-order valence-corrected chi connectivity index (χ3v) is 4.28. The molecule has 1 aliphatic rings. The molecule has 1 atom stereocenters. The zero-order chi connectivity index (χ0) is 17.0. The maximum atomic E-state index is 12.5. The van der Waals surface area contributed by atoms with Gasteiger partial charge in [0.25, 0.3) is 5.91 Å². The Bertz CT molecular complexity index is 715. The average Bonchev–Trinajstić information content (AvgIpc) is 2.62. The molecule has 1 aliphatic heterocycles. The number of ether oxygens (including phenoxy) is 2. The van der Waals surface area contributed by atoms with Crippen molar-refractivity contribution in [1.82, 2.24) is 5.32 Å². The Labute approximate surface area is 142 Å². The van der Waals surface area contributed by atoms with E-state index in [0.717, 1.165) is 23.4 Å². The molecule has 5 nitrogen and oxygen atoms in total. The lowest BCUT2D eigenvalue weighted by Crippen LogP contribution is -2.54. The largest absolute Gasteiger partial charge is 0.491 e. The highest BCUT2D eigenvalue weighted by molar-refractivity contribution is 6.02. The van der Waals surface area contributed by atoms with Crippen molar-refractivity contribution in [3.63, 3.8) is 0 Å². The summed E-state index contributed by atoms with van der Waals surface area (Å²) in [6.07, 6.45) is 0.719. The predicted molar refractivity (Wildman–Crippen MR) is 93.3 cm³/mol. The first-order valence-electron chi connectivity index (χ1n) is 8.10. The minimum Gasteiger partial charge on any atom is -0.491 e. The van der Waals surface area contributed by atoms with E-state index in [4.69, 9.17) is 9.47 Å². The summed E-state index contributed by atoms with van der Waals surface area (Å²) in [6, 6.07) is 15.3. The summed E-state index contributed by atoms with van der Waals surface area (Å²) >= 11 is 0. The van der Waals surface area contributed by atoms with E-state index in [-0.39, 0.29) is 5.91 Å². The summed E-state index contributed by atoms with van der Waals surface area (Å²) in [4.78, 5) is 12.5. The van der Waals surface area contributed by atoms with Gasteiger partial charge < -0.3 is 20.1 Å². The first-order chi connectivity index (χ1) is 11.7. The number of nitrogens with one attached hydrogen (secondary N) is 2. The average molecular weight is 326 g/mol. The molecule has 0 fully saturated rings. The Hall–Kier alpha value is -2.53. The summed E-state index contributed by atoms with van der Waals surface area (Å²) in [6.45, 7) is 3.11. The van der Waals surface area contributed by atoms with Crippen molar-refractivity contribution in [3.05, 3.63) is 59.7 Å². The van der Waals surface area contributed by atoms with Gasteiger partial charge in [0.2, 0.25) is 0 Å². The van der Waals surface area contributed by atoms with Crippen LogP contribution in [0.4, 0.5) is 5.69 Å². The molecule has 5 heteroatoms. The van der Waals surface area contributed by atoms with Gasteiger partial charge in [-0.05, 0) is 36.2 Å². The molecule has 1 heterocycles. The summed E-state index contributed by atoms with van der Waals surface area (Å²) in [5.41, 5.74) is 1.90. The number of hydrogen-bond acceptors (Lipinski definition) is 4. The highest BCUT2D eigenvalue weighted by Crippen LogP contribution is 2.34. The van der Waals surface area contributed by atoms with Crippen LogP contribution in [0.15, 0.2) is 48.5 Å². The van der Waals surface area contributed by atoms with Gasteiger partial charge in [0, 0.05) is 12.8 Å². The molecular formula is C19H22N2O3. The van der Waals surface area contributed by atoms with Gasteiger partial charge in [-0.3, -0.25) is 4.79 Å². The van der Waals surface area contributed by atoms with Gasteiger partial charge in [0.15, 0.2) is 0 Å².